The third-order valence-electron chi connectivity index (χ3n) is 5.29. The summed E-state index contributed by atoms with van der Waals surface area (Å²) in [6.07, 6.45) is 0.664. The van der Waals surface area contributed by atoms with Crippen LogP contribution >= 0.6 is 0 Å². The number of nitrogens with two attached hydrogens (primary N) is 1. The van der Waals surface area contributed by atoms with E-state index >= 15 is 0 Å². The fourth-order valence-electron chi connectivity index (χ4n) is 3.51. The molecule has 36 heavy (non-hydrogen) atoms. The molecule has 1 aromatic heterocycles. The van der Waals surface area contributed by atoms with Gasteiger partial charge in [0.1, 0.15) is 22.9 Å². The molecule has 1 amide bonds. The molecule has 3 aromatic rings. The molecule has 0 atom stereocenters. The SMILES string of the molecule is COC(=O)c1cc(-c2c(OC)cc(OCC(=O)NCCc3ccc(N)cc3)cc2OC)cc(CO)n1. The fraction of sp³-hybridized carbons (Fsp3) is 0.269. The second-order valence-electron chi connectivity index (χ2n) is 7.72. The van der Waals surface area contributed by atoms with Crippen LogP contribution in [0.5, 0.6) is 17.2 Å². The van der Waals surface area contributed by atoms with E-state index in [1.807, 2.05) is 24.3 Å². The Morgan fingerprint density at radius 1 is 1.00 bits per heavy atom. The number of aromatic nitrogens is 1. The summed E-state index contributed by atoms with van der Waals surface area (Å²) < 4.78 is 21.5. The van der Waals surface area contributed by atoms with Crippen molar-refractivity contribution in [3.8, 4) is 28.4 Å². The highest BCUT2D eigenvalue weighted by Gasteiger charge is 2.19. The number of rotatable bonds is 11. The maximum atomic E-state index is 12.3. The first-order chi connectivity index (χ1) is 17.4. The maximum absolute atomic E-state index is 12.3. The molecular weight excluding hydrogens is 466 g/mol. The van der Waals surface area contributed by atoms with E-state index in [-0.39, 0.29) is 30.5 Å². The third-order valence-corrected chi connectivity index (χ3v) is 5.29. The number of nitrogens with zero attached hydrogens (tertiary/aromatic N) is 1. The quantitative estimate of drug-likeness (QED) is 0.270. The van der Waals surface area contributed by atoms with Gasteiger partial charge < -0.3 is 35.1 Å². The Morgan fingerprint density at radius 2 is 1.67 bits per heavy atom. The number of benzene rings is 2. The van der Waals surface area contributed by atoms with E-state index in [0.717, 1.165) is 5.56 Å². The Kier molecular flexibility index (Phi) is 9.07. The summed E-state index contributed by atoms with van der Waals surface area (Å²) in [5.74, 6) is 0.174. The summed E-state index contributed by atoms with van der Waals surface area (Å²) in [6, 6.07) is 13.8. The van der Waals surface area contributed by atoms with Gasteiger partial charge in [-0.15, -0.1) is 0 Å². The standard InChI is InChI=1S/C26H29N3O7/c1-33-22-12-20(36-15-24(31)28-9-8-16-4-6-18(27)7-5-16)13-23(34-2)25(22)17-10-19(14-30)29-21(11-17)26(32)35-3/h4-7,10-13,30H,8-9,14-15,27H2,1-3H3,(H,28,31). The van der Waals surface area contributed by atoms with Crippen LogP contribution in [0.3, 0.4) is 0 Å². The maximum Gasteiger partial charge on any atom is 0.356 e. The van der Waals surface area contributed by atoms with Gasteiger partial charge in [-0.05, 0) is 41.8 Å². The van der Waals surface area contributed by atoms with Crippen molar-refractivity contribution >= 4 is 17.6 Å². The minimum absolute atomic E-state index is 0.0270. The average molecular weight is 496 g/mol. The number of methoxy groups -OCH3 is 3. The molecule has 0 radical (unpaired) electrons. The number of nitrogens with one attached hydrogen (secondary N) is 1. The number of aliphatic hydroxyl groups is 1. The molecule has 10 heteroatoms. The normalized spacial score (nSPS) is 10.4. The molecule has 3 rings (SSSR count). The minimum Gasteiger partial charge on any atom is -0.496 e. The zero-order valence-electron chi connectivity index (χ0n) is 20.4. The van der Waals surface area contributed by atoms with Crippen molar-refractivity contribution in [2.75, 3.05) is 40.2 Å². The second-order valence-corrected chi connectivity index (χ2v) is 7.72. The number of esters is 1. The highest BCUT2D eigenvalue weighted by Crippen LogP contribution is 2.42. The summed E-state index contributed by atoms with van der Waals surface area (Å²) in [5, 5.41) is 12.4. The molecule has 0 aliphatic heterocycles. The first-order valence-electron chi connectivity index (χ1n) is 11.1. The highest BCUT2D eigenvalue weighted by molar-refractivity contribution is 5.90. The monoisotopic (exact) mass is 495 g/mol. The smallest absolute Gasteiger partial charge is 0.356 e. The second kappa shape index (κ2) is 12.4. The Labute approximate surface area is 209 Å². The van der Waals surface area contributed by atoms with Crippen LogP contribution in [0.2, 0.25) is 0 Å². The zero-order chi connectivity index (χ0) is 26.1. The van der Waals surface area contributed by atoms with Crippen LogP contribution in [-0.4, -0.2) is 56.4 Å². The van der Waals surface area contributed by atoms with Crippen LogP contribution in [0.1, 0.15) is 21.7 Å². The van der Waals surface area contributed by atoms with Gasteiger partial charge in [-0.1, -0.05) is 12.1 Å². The van der Waals surface area contributed by atoms with Gasteiger partial charge in [0.25, 0.3) is 5.91 Å². The molecule has 0 spiro atoms. The van der Waals surface area contributed by atoms with Crippen LogP contribution in [-0.2, 0) is 22.6 Å². The van der Waals surface area contributed by atoms with Crippen molar-refractivity contribution < 1.29 is 33.6 Å². The number of anilines is 1. The van der Waals surface area contributed by atoms with Gasteiger partial charge in [0, 0.05) is 24.4 Å². The molecule has 0 aliphatic carbocycles. The highest BCUT2D eigenvalue weighted by atomic mass is 16.5. The summed E-state index contributed by atoms with van der Waals surface area (Å²) in [4.78, 5) is 28.4. The minimum atomic E-state index is -0.646. The number of hydrogen-bond donors (Lipinski definition) is 3. The van der Waals surface area contributed by atoms with E-state index < -0.39 is 5.97 Å². The molecule has 1 heterocycles. The van der Waals surface area contributed by atoms with Crippen molar-refractivity contribution in [3.63, 3.8) is 0 Å². The molecule has 4 N–H and O–H groups in total. The van der Waals surface area contributed by atoms with Gasteiger partial charge in [0.15, 0.2) is 6.61 Å². The van der Waals surface area contributed by atoms with Gasteiger partial charge in [-0.25, -0.2) is 9.78 Å². The Balaban J connectivity index is 1.75. The third kappa shape index (κ3) is 6.63. The van der Waals surface area contributed by atoms with E-state index in [4.69, 9.17) is 24.7 Å². The molecule has 0 aliphatic rings. The number of carbonyl (C=O) groups excluding carboxylic acids is 2. The van der Waals surface area contributed by atoms with Gasteiger partial charge in [0.2, 0.25) is 0 Å². The van der Waals surface area contributed by atoms with E-state index in [9.17, 15) is 14.7 Å². The summed E-state index contributed by atoms with van der Waals surface area (Å²) in [5.41, 5.74) is 8.77. The van der Waals surface area contributed by atoms with Crippen LogP contribution in [0.15, 0.2) is 48.5 Å². The molecule has 190 valence electrons. The zero-order valence-corrected chi connectivity index (χ0v) is 20.4. The van der Waals surface area contributed by atoms with Crippen molar-refractivity contribution in [2.45, 2.75) is 13.0 Å². The molecule has 2 aromatic carbocycles. The lowest BCUT2D eigenvalue weighted by Crippen LogP contribution is -2.30. The average Bonchev–Trinajstić information content (AvgIpc) is 2.91. The molecule has 0 fully saturated rings. The number of amides is 1. The van der Waals surface area contributed by atoms with Gasteiger partial charge in [0.05, 0.1) is 39.2 Å². The van der Waals surface area contributed by atoms with Crippen LogP contribution in [0.25, 0.3) is 11.1 Å². The van der Waals surface area contributed by atoms with Crippen LogP contribution in [0.4, 0.5) is 5.69 Å². The molecule has 10 nitrogen and oxygen atoms in total. The number of carbonyl (C=O) groups is 2. The Bertz CT molecular complexity index is 1190. The topological polar surface area (TPSA) is 142 Å². The van der Waals surface area contributed by atoms with Gasteiger partial charge >= 0.3 is 5.97 Å². The van der Waals surface area contributed by atoms with Gasteiger partial charge in [-0.2, -0.15) is 0 Å². The number of hydrogen-bond acceptors (Lipinski definition) is 9. The Hall–Kier alpha value is -4.31. The lowest BCUT2D eigenvalue weighted by Gasteiger charge is -2.17. The predicted octanol–water partition coefficient (Wildman–Crippen LogP) is 2.36. The largest absolute Gasteiger partial charge is 0.496 e. The van der Waals surface area contributed by atoms with E-state index in [2.05, 4.69) is 10.3 Å². The lowest BCUT2D eigenvalue weighted by atomic mass is 10.0. The summed E-state index contributed by atoms with van der Waals surface area (Å²) in [6.45, 7) is -0.129. The Morgan fingerprint density at radius 3 is 2.25 bits per heavy atom. The van der Waals surface area contributed by atoms with E-state index in [1.165, 1.54) is 27.4 Å². The molecule has 0 saturated heterocycles. The summed E-state index contributed by atoms with van der Waals surface area (Å²) >= 11 is 0. The van der Waals surface area contributed by atoms with Crippen LogP contribution in [0, 0.1) is 0 Å². The molecule has 0 saturated carbocycles. The van der Waals surface area contributed by atoms with Crippen molar-refractivity contribution in [2.24, 2.45) is 0 Å². The van der Waals surface area contributed by atoms with Crippen molar-refractivity contribution in [3.05, 3.63) is 65.5 Å². The van der Waals surface area contributed by atoms with Crippen LogP contribution < -0.4 is 25.3 Å². The number of aliphatic hydroxyl groups excluding tert-OH is 1. The fourth-order valence-corrected chi connectivity index (χ4v) is 3.51. The number of ether oxygens (including phenoxy) is 4. The molecule has 0 unspecified atom stereocenters. The number of nitrogen functional groups attached to an aromatic ring is 1. The number of pyridine rings is 1. The first kappa shape index (κ1) is 26.3. The van der Waals surface area contributed by atoms with E-state index in [0.29, 0.717) is 47.0 Å². The van der Waals surface area contributed by atoms with Gasteiger partial charge in [-0.3, -0.25) is 4.79 Å². The predicted molar refractivity (Wildman–Crippen MR) is 133 cm³/mol. The molecule has 0 bridgehead atoms. The van der Waals surface area contributed by atoms with Crippen molar-refractivity contribution in [1.29, 1.82) is 0 Å². The van der Waals surface area contributed by atoms with Crippen molar-refractivity contribution in [1.82, 2.24) is 10.3 Å². The first-order valence-corrected chi connectivity index (χ1v) is 11.1. The molecular formula is C26H29N3O7. The van der Waals surface area contributed by atoms with E-state index in [1.54, 1.807) is 18.2 Å². The summed E-state index contributed by atoms with van der Waals surface area (Å²) in [7, 11) is 4.19. The lowest BCUT2D eigenvalue weighted by molar-refractivity contribution is -0.123.